The Morgan fingerprint density at radius 3 is 2.62 bits per heavy atom. The minimum Gasteiger partial charge on any atom is -0.341 e. The highest BCUT2D eigenvalue weighted by Crippen LogP contribution is 2.06. The lowest BCUT2D eigenvalue weighted by Gasteiger charge is -2.00. The minimum atomic E-state index is -0.130. The summed E-state index contributed by atoms with van der Waals surface area (Å²) in [4.78, 5) is 11.3. The lowest BCUT2D eigenvalue weighted by Crippen LogP contribution is -2.23. The van der Waals surface area contributed by atoms with Crippen molar-refractivity contribution in [3.05, 3.63) is 33.4 Å². The van der Waals surface area contributed by atoms with Gasteiger partial charge in [-0.25, -0.2) is 0 Å². The summed E-state index contributed by atoms with van der Waals surface area (Å²) in [6.45, 7) is 0.269. The smallest absolute Gasteiger partial charge is 0.252 e. The van der Waals surface area contributed by atoms with Gasteiger partial charge in [0.25, 0.3) is 5.91 Å². The number of hydrogen-bond acceptors (Lipinski definition) is 1. The van der Waals surface area contributed by atoms with Gasteiger partial charge in [0.05, 0.1) is 6.54 Å². The molecule has 0 saturated carbocycles. The van der Waals surface area contributed by atoms with Gasteiger partial charge in [0.1, 0.15) is 0 Å². The normalized spacial score (nSPS) is 8.92. The van der Waals surface area contributed by atoms with E-state index in [0.717, 1.165) is 3.57 Å². The number of benzene rings is 1. The van der Waals surface area contributed by atoms with Crippen LogP contribution in [0.25, 0.3) is 0 Å². The van der Waals surface area contributed by atoms with Crippen molar-refractivity contribution < 1.29 is 4.79 Å². The lowest BCUT2D eigenvalue weighted by atomic mass is 10.2. The second-order valence-corrected chi connectivity index (χ2v) is 3.64. The van der Waals surface area contributed by atoms with E-state index in [4.69, 9.17) is 6.42 Å². The Morgan fingerprint density at radius 1 is 1.46 bits per heavy atom. The number of terminal acetylenes is 1. The molecule has 1 aromatic carbocycles. The van der Waals surface area contributed by atoms with E-state index in [1.54, 1.807) is 12.1 Å². The van der Waals surface area contributed by atoms with Crippen molar-refractivity contribution in [2.45, 2.75) is 0 Å². The Kier molecular flexibility index (Phi) is 3.77. The predicted octanol–water partition coefficient (Wildman–Crippen LogP) is 1.65. The Hall–Kier alpha value is -1.02. The summed E-state index contributed by atoms with van der Waals surface area (Å²) in [5.41, 5.74) is 0.635. The van der Waals surface area contributed by atoms with Crippen LogP contribution >= 0.6 is 22.6 Å². The van der Waals surface area contributed by atoms with E-state index in [1.807, 2.05) is 12.1 Å². The van der Waals surface area contributed by atoms with Crippen molar-refractivity contribution in [3.63, 3.8) is 0 Å². The molecule has 0 saturated heterocycles. The molecule has 0 radical (unpaired) electrons. The molecule has 13 heavy (non-hydrogen) atoms. The molecule has 0 bridgehead atoms. The van der Waals surface area contributed by atoms with Crippen LogP contribution < -0.4 is 5.32 Å². The maximum absolute atomic E-state index is 11.3. The van der Waals surface area contributed by atoms with Crippen LogP contribution in [0.5, 0.6) is 0 Å². The Labute approximate surface area is 90.9 Å². The van der Waals surface area contributed by atoms with Crippen LogP contribution in [0.15, 0.2) is 24.3 Å². The molecule has 3 heteroatoms. The number of carbonyl (C=O) groups is 1. The topological polar surface area (TPSA) is 29.1 Å². The molecule has 0 fully saturated rings. The predicted molar refractivity (Wildman–Crippen MR) is 60.3 cm³/mol. The fraction of sp³-hybridized carbons (Fsp3) is 0.100. The Bertz CT molecular complexity index is 337. The van der Waals surface area contributed by atoms with Crippen molar-refractivity contribution >= 4 is 28.5 Å². The second-order valence-electron chi connectivity index (χ2n) is 2.39. The van der Waals surface area contributed by atoms with Gasteiger partial charge in [-0.1, -0.05) is 5.92 Å². The van der Waals surface area contributed by atoms with Crippen LogP contribution in [0, 0.1) is 15.9 Å². The first-order valence-electron chi connectivity index (χ1n) is 3.71. The second kappa shape index (κ2) is 4.87. The SMILES string of the molecule is C#CCNC(=O)c1ccc(I)cc1. The zero-order chi connectivity index (χ0) is 9.68. The number of carbonyl (C=O) groups excluding carboxylic acids is 1. The highest BCUT2D eigenvalue weighted by molar-refractivity contribution is 14.1. The average molecular weight is 285 g/mol. The molecule has 0 unspecified atom stereocenters. The van der Waals surface area contributed by atoms with Crippen LogP contribution in [0.2, 0.25) is 0 Å². The number of rotatable bonds is 2. The van der Waals surface area contributed by atoms with Crippen molar-refractivity contribution in [2.75, 3.05) is 6.54 Å². The van der Waals surface area contributed by atoms with Crippen LogP contribution in [0.1, 0.15) is 10.4 Å². The molecule has 66 valence electrons. The van der Waals surface area contributed by atoms with Gasteiger partial charge < -0.3 is 5.32 Å². The first-order valence-corrected chi connectivity index (χ1v) is 4.79. The molecule has 0 atom stereocenters. The van der Waals surface area contributed by atoms with E-state index >= 15 is 0 Å². The Balaban J connectivity index is 2.68. The summed E-state index contributed by atoms with van der Waals surface area (Å²) < 4.78 is 1.10. The van der Waals surface area contributed by atoms with Crippen molar-refractivity contribution in [1.29, 1.82) is 0 Å². The first-order chi connectivity index (χ1) is 6.24. The molecule has 0 heterocycles. The summed E-state index contributed by atoms with van der Waals surface area (Å²) in [7, 11) is 0. The number of amides is 1. The molecular weight excluding hydrogens is 277 g/mol. The summed E-state index contributed by atoms with van der Waals surface area (Å²) in [5.74, 6) is 2.22. The molecule has 1 amide bonds. The molecule has 0 aliphatic rings. The summed E-state index contributed by atoms with van der Waals surface area (Å²) in [6.07, 6.45) is 5.01. The van der Waals surface area contributed by atoms with E-state index in [9.17, 15) is 4.79 Å². The third-order valence-electron chi connectivity index (χ3n) is 1.46. The minimum absolute atomic E-state index is 0.130. The van der Waals surface area contributed by atoms with Crippen LogP contribution in [-0.4, -0.2) is 12.5 Å². The Morgan fingerprint density at radius 2 is 2.08 bits per heavy atom. The van der Waals surface area contributed by atoms with Gasteiger partial charge in [0.2, 0.25) is 0 Å². The van der Waals surface area contributed by atoms with Crippen LogP contribution in [0.3, 0.4) is 0 Å². The quantitative estimate of drug-likeness (QED) is 0.650. The van der Waals surface area contributed by atoms with Crippen LogP contribution in [-0.2, 0) is 0 Å². The molecule has 0 aliphatic heterocycles. The van der Waals surface area contributed by atoms with Crippen molar-refractivity contribution in [3.8, 4) is 12.3 Å². The summed E-state index contributed by atoms with van der Waals surface area (Å²) in [5, 5.41) is 2.59. The highest BCUT2D eigenvalue weighted by atomic mass is 127. The van der Waals surface area contributed by atoms with Gasteiger partial charge in [-0.05, 0) is 46.9 Å². The van der Waals surface area contributed by atoms with E-state index < -0.39 is 0 Å². The highest BCUT2D eigenvalue weighted by Gasteiger charge is 2.02. The van der Waals surface area contributed by atoms with E-state index in [0.29, 0.717) is 5.56 Å². The monoisotopic (exact) mass is 285 g/mol. The van der Waals surface area contributed by atoms with Gasteiger partial charge in [0.15, 0.2) is 0 Å². The molecule has 1 rings (SSSR count). The summed E-state index contributed by atoms with van der Waals surface area (Å²) in [6, 6.07) is 7.30. The number of hydrogen-bond donors (Lipinski definition) is 1. The molecular formula is C10H8INO. The van der Waals surface area contributed by atoms with E-state index in [-0.39, 0.29) is 12.5 Å². The van der Waals surface area contributed by atoms with Crippen molar-refractivity contribution in [1.82, 2.24) is 5.32 Å². The van der Waals surface area contributed by atoms with Gasteiger partial charge in [-0.2, -0.15) is 0 Å². The van der Waals surface area contributed by atoms with E-state index in [1.165, 1.54) is 0 Å². The maximum atomic E-state index is 11.3. The molecule has 1 N–H and O–H groups in total. The average Bonchev–Trinajstić information content (AvgIpc) is 2.15. The van der Waals surface area contributed by atoms with Gasteiger partial charge in [-0.15, -0.1) is 6.42 Å². The van der Waals surface area contributed by atoms with Gasteiger partial charge >= 0.3 is 0 Å². The maximum Gasteiger partial charge on any atom is 0.252 e. The lowest BCUT2D eigenvalue weighted by molar-refractivity contribution is 0.0958. The fourth-order valence-electron chi connectivity index (χ4n) is 0.835. The zero-order valence-corrected chi connectivity index (χ0v) is 9.04. The first kappa shape index (κ1) is 10.1. The largest absolute Gasteiger partial charge is 0.341 e. The van der Waals surface area contributed by atoms with Gasteiger partial charge in [-0.3, -0.25) is 4.79 Å². The molecule has 0 spiro atoms. The van der Waals surface area contributed by atoms with E-state index in [2.05, 4.69) is 33.8 Å². The van der Waals surface area contributed by atoms with Crippen molar-refractivity contribution in [2.24, 2.45) is 0 Å². The number of halogens is 1. The molecule has 1 aromatic rings. The fourth-order valence-corrected chi connectivity index (χ4v) is 1.19. The standard InChI is InChI=1S/C10H8INO/c1-2-7-12-10(13)8-3-5-9(11)6-4-8/h1,3-6H,7H2,(H,12,13). The third kappa shape index (κ3) is 3.07. The summed E-state index contributed by atoms with van der Waals surface area (Å²) >= 11 is 2.18. The number of nitrogens with one attached hydrogen (secondary N) is 1. The molecule has 0 aliphatic carbocycles. The van der Waals surface area contributed by atoms with Crippen LogP contribution in [0.4, 0.5) is 0 Å². The van der Waals surface area contributed by atoms with Gasteiger partial charge in [0, 0.05) is 9.13 Å². The molecule has 2 nitrogen and oxygen atoms in total. The zero-order valence-electron chi connectivity index (χ0n) is 6.88. The third-order valence-corrected chi connectivity index (χ3v) is 2.18. The molecule has 0 aromatic heterocycles.